The summed E-state index contributed by atoms with van der Waals surface area (Å²) in [5.74, 6) is -1.32. The number of hydrazine groups is 2. The molecular weight excluding hydrogens is 339 g/mol. The lowest BCUT2D eigenvalue weighted by Gasteiger charge is -2.22. The summed E-state index contributed by atoms with van der Waals surface area (Å²) < 4.78 is 40.3. The summed E-state index contributed by atoms with van der Waals surface area (Å²) in [5, 5.41) is 12.1. The Morgan fingerprint density at radius 1 is 0.920 bits per heavy atom. The molecule has 0 saturated carbocycles. The van der Waals surface area contributed by atoms with E-state index in [2.05, 4.69) is 10.3 Å². The van der Waals surface area contributed by atoms with Crippen molar-refractivity contribution in [3.05, 3.63) is 66.5 Å². The Morgan fingerprint density at radius 3 is 1.84 bits per heavy atom. The SMILES string of the molecule is O=C(O)c1ccc(N2C=CN(c3ccc(OC(F)(F)F)cc3)N2)cc1. The van der Waals surface area contributed by atoms with E-state index in [0.717, 1.165) is 0 Å². The Labute approximate surface area is 140 Å². The number of nitrogens with zero attached hydrogens (tertiary/aromatic N) is 2. The standard InChI is InChI=1S/C16H12F3N3O3/c17-16(18,19)25-14-7-5-13(6-8-14)22-10-9-21(20-22)12-3-1-11(2-4-12)15(23)24/h1-10,20H,(H,23,24). The molecule has 0 aromatic heterocycles. The molecule has 2 aromatic carbocycles. The minimum Gasteiger partial charge on any atom is -0.478 e. The maximum absolute atomic E-state index is 12.2. The second-order valence-corrected chi connectivity index (χ2v) is 5.03. The van der Waals surface area contributed by atoms with Gasteiger partial charge >= 0.3 is 12.3 Å². The number of alkyl halides is 3. The van der Waals surface area contributed by atoms with Crippen LogP contribution >= 0.6 is 0 Å². The Hall–Kier alpha value is -3.20. The normalized spacial score (nSPS) is 14.0. The van der Waals surface area contributed by atoms with Crippen LogP contribution in [0.1, 0.15) is 10.4 Å². The highest BCUT2D eigenvalue weighted by atomic mass is 19.4. The number of benzene rings is 2. The van der Waals surface area contributed by atoms with Gasteiger partial charge in [-0.15, -0.1) is 18.7 Å². The summed E-state index contributed by atoms with van der Waals surface area (Å²) in [6.07, 6.45) is -1.37. The molecule has 9 heteroatoms. The highest BCUT2D eigenvalue weighted by Crippen LogP contribution is 2.26. The van der Waals surface area contributed by atoms with Crippen molar-refractivity contribution in [2.45, 2.75) is 6.36 Å². The minimum atomic E-state index is -4.73. The molecule has 1 heterocycles. The van der Waals surface area contributed by atoms with Crippen LogP contribution in [0.5, 0.6) is 5.75 Å². The summed E-state index contributed by atoms with van der Waals surface area (Å²) in [6, 6.07) is 11.6. The first-order valence-corrected chi connectivity index (χ1v) is 7.04. The molecule has 25 heavy (non-hydrogen) atoms. The molecule has 1 aliphatic rings. The maximum atomic E-state index is 12.2. The molecule has 0 unspecified atom stereocenters. The van der Waals surface area contributed by atoms with Gasteiger partial charge in [-0.1, -0.05) is 0 Å². The van der Waals surface area contributed by atoms with Gasteiger partial charge in [-0.3, -0.25) is 10.0 Å². The van der Waals surface area contributed by atoms with Gasteiger partial charge in [-0.2, -0.15) is 0 Å². The molecule has 1 aliphatic heterocycles. The van der Waals surface area contributed by atoms with E-state index in [-0.39, 0.29) is 11.3 Å². The molecule has 2 N–H and O–H groups in total. The zero-order valence-corrected chi connectivity index (χ0v) is 12.6. The first-order valence-electron chi connectivity index (χ1n) is 7.04. The summed E-state index contributed by atoms with van der Waals surface area (Å²) in [5.41, 5.74) is 4.44. The Morgan fingerprint density at radius 2 is 1.40 bits per heavy atom. The fourth-order valence-electron chi connectivity index (χ4n) is 2.18. The van der Waals surface area contributed by atoms with Crippen LogP contribution < -0.4 is 20.3 Å². The van der Waals surface area contributed by atoms with Crippen molar-refractivity contribution in [3.63, 3.8) is 0 Å². The van der Waals surface area contributed by atoms with Crippen molar-refractivity contribution in [1.29, 1.82) is 0 Å². The number of nitrogens with one attached hydrogen (secondary N) is 1. The minimum absolute atomic E-state index is 0.170. The van der Waals surface area contributed by atoms with Gasteiger partial charge in [0.15, 0.2) is 0 Å². The van der Waals surface area contributed by atoms with Crippen molar-refractivity contribution >= 4 is 17.3 Å². The van der Waals surface area contributed by atoms with Gasteiger partial charge in [0.2, 0.25) is 0 Å². The third-order valence-electron chi connectivity index (χ3n) is 3.32. The van der Waals surface area contributed by atoms with E-state index in [4.69, 9.17) is 5.11 Å². The van der Waals surface area contributed by atoms with E-state index >= 15 is 0 Å². The van der Waals surface area contributed by atoms with Crippen LogP contribution in [-0.4, -0.2) is 17.4 Å². The van der Waals surface area contributed by atoms with Crippen molar-refractivity contribution in [2.75, 3.05) is 10.0 Å². The van der Waals surface area contributed by atoms with Crippen LogP contribution in [0.4, 0.5) is 24.5 Å². The fourth-order valence-corrected chi connectivity index (χ4v) is 2.18. The zero-order valence-electron chi connectivity index (χ0n) is 12.6. The first-order chi connectivity index (χ1) is 11.8. The van der Waals surface area contributed by atoms with Crippen LogP contribution in [0, 0.1) is 0 Å². The van der Waals surface area contributed by atoms with Gasteiger partial charge in [0.25, 0.3) is 0 Å². The number of hydrogen-bond donors (Lipinski definition) is 2. The number of hydrogen-bond acceptors (Lipinski definition) is 5. The van der Waals surface area contributed by atoms with E-state index in [1.54, 1.807) is 34.6 Å². The Kier molecular flexibility index (Phi) is 4.24. The molecule has 0 atom stereocenters. The zero-order chi connectivity index (χ0) is 18.0. The Balaban J connectivity index is 1.66. The average molecular weight is 351 g/mol. The van der Waals surface area contributed by atoms with Gasteiger partial charge in [-0.05, 0) is 48.5 Å². The van der Waals surface area contributed by atoms with E-state index in [9.17, 15) is 18.0 Å². The molecule has 0 saturated heterocycles. The maximum Gasteiger partial charge on any atom is 0.573 e. The molecule has 0 amide bonds. The van der Waals surface area contributed by atoms with Gasteiger partial charge < -0.3 is 9.84 Å². The smallest absolute Gasteiger partial charge is 0.478 e. The van der Waals surface area contributed by atoms with Crippen LogP contribution in [0.3, 0.4) is 0 Å². The predicted octanol–water partition coefficient (Wildman–Crippen LogP) is 3.50. The largest absolute Gasteiger partial charge is 0.573 e. The van der Waals surface area contributed by atoms with E-state index < -0.39 is 12.3 Å². The van der Waals surface area contributed by atoms with E-state index in [1.807, 2.05) is 0 Å². The molecule has 2 aromatic rings. The summed E-state index contributed by atoms with van der Waals surface area (Å²) in [4.78, 5) is 10.9. The third kappa shape index (κ3) is 4.01. The highest BCUT2D eigenvalue weighted by molar-refractivity contribution is 5.88. The van der Waals surface area contributed by atoms with Gasteiger partial charge in [0.1, 0.15) is 5.75 Å². The number of ether oxygens (including phenoxy) is 1. The number of carboxylic acids is 1. The van der Waals surface area contributed by atoms with Crippen LogP contribution in [0.25, 0.3) is 0 Å². The number of anilines is 2. The van der Waals surface area contributed by atoms with Crippen LogP contribution in [0.15, 0.2) is 60.9 Å². The topological polar surface area (TPSA) is 65.0 Å². The number of carboxylic acid groups (broad SMARTS) is 1. The monoisotopic (exact) mass is 351 g/mol. The van der Waals surface area contributed by atoms with Crippen molar-refractivity contribution in [2.24, 2.45) is 0 Å². The molecule has 6 nitrogen and oxygen atoms in total. The van der Waals surface area contributed by atoms with Gasteiger partial charge in [0, 0.05) is 12.4 Å². The lowest BCUT2D eigenvalue weighted by Crippen LogP contribution is -2.39. The highest BCUT2D eigenvalue weighted by Gasteiger charge is 2.31. The number of aromatic carboxylic acids is 1. The van der Waals surface area contributed by atoms with Gasteiger partial charge in [-0.25, -0.2) is 4.79 Å². The van der Waals surface area contributed by atoms with Gasteiger partial charge in [0.05, 0.1) is 16.9 Å². The Bertz CT molecular complexity index is 789. The lowest BCUT2D eigenvalue weighted by molar-refractivity contribution is -0.274. The van der Waals surface area contributed by atoms with E-state index in [0.29, 0.717) is 11.4 Å². The van der Waals surface area contributed by atoms with Crippen LogP contribution in [-0.2, 0) is 0 Å². The van der Waals surface area contributed by atoms with Crippen molar-refractivity contribution in [3.8, 4) is 5.75 Å². The second-order valence-electron chi connectivity index (χ2n) is 5.03. The predicted molar refractivity (Wildman–Crippen MR) is 83.8 cm³/mol. The third-order valence-corrected chi connectivity index (χ3v) is 3.32. The lowest BCUT2D eigenvalue weighted by atomic mass is 10.2. The molecule has 0 fully saturated rings. The summed E-state index contributed by atoms with van der Waals surface area (Å²) in [7, 11) is 0. The number of carbonyl (C=O) groups is 1. The van der Waals surface area contributed by atoms with Crippen LogP contribution in [0.2, 0.25) is 0 Å². The second kappa shape index (κ2) is 6.36. The summed E-state index contributed by atoms with van der Waals surface area (Å²) in [6.45, 7) is 0. The van der Waals surface area contributed by atoms with Crippen molar-refractivity contribution in [1.82, 2.24) is 5.53 Å². The van der Waals surface area contributed by atoms with E-state index in [1.165, 1.54) is 36.4 Å². The quantitative estimate of drug-likeness (QED) is 0.879. The molecule has 0 radical (unpaired) electrons. The fraction of sp³-hybridized carbons (Fsp3) is 0.0625. The molecule has 0 aliphatic carbocycles. The average Bonchev–Trinajstić information content (AvgIpc) is 3.04. The molecule has 130 valence electrons. The van der Waals surface area contributed by atoms with Crippen molar-refractivity contribution < 1.29 is 27.8 Å². The molecule has 0 bridgehead atoms. The summed E-state index contributed by atoms with van der Waals surface area (Å²) >= 11 is 0. The molecule has 3 rings (SSSR count). The first kappa shape index (κ1) is 16.7. The number of halogens is 3. The molecule has 0 spiro atoms. The number of rotatable bonds is 4. The molecular formula is C16H12F3N3O3.